The van der Waals surface area contributed by atoms with Crippen molar-refractivity contribution in [1.82, 2.24) is 15.3 Å². The number of nitrogens with zero attached hydrogens (tertiary/aromatic N) is 1. The van der Waals surface area contributed by atoms with Crippen LogP contribution in [0.3, 0.4) is 0 Å². The standard InChI is InChI=1S/C20H17ClF3N5O2/c21-16-6-5-14(11-15(16)20(22,23)24)29-19(31)28-13-3-1-12(2-4-13)7-8-27-18(30)17-25-9-10-26-17/h1-6,9-11H,7-8H2,(H,25,26)(H,27,30)(H2,28,29,31). The summed E-state index contributed by atoms with van der Waals surface area (Å²) in [7, 11) is 0. The number of alkyl halides is 3. The van der Waals surface area contributed by atoms with Crippen LogP contribution in [0.2, 0.25) is 5.02 Å². The Morgan fingerprint density at radius 2 is 1.71 bits per heavy atom. The number of hydrogen-bond acceptors (Lipinski definition) is 3. The number of imidazole rings is 1. The lowest BCUT2D eigenvalue weighted by Crippen LogP contribution is -2.26. The van der Waals surface area contributed by atoms with E-state index < -0.39 is 22.8 Å². The molecule has 0 saturated heterocycles. The molecule has 0 aliphatic heterocycles. The van der Waals surface area contributed by atoms with Gasteiger partial charge in [-0.1, -0.05) is 23.7 Å². The highest BCUT2D eigenvalue weighted by Gasteiger charge is 2.33. The molecule has 3 rings (SSSR count). The number of nitrogens with one attached hydrogen (secondary N) is 4. The van der Waals surface area contributed by atoms with Gasteiger partial charge in [-0.2, -0.15) is 13.2 Å². The van der Waals surface area contributed by atoms with E-state index in [2.05, 4.69) is 25.9 Å². The number of aromatic amines is 1. The van der Waals surface area contributed by atoms with Gasteiger partial charge in [-0.05, 0) is 42.3 Å². The van der Waals surface area contributed by atoms with Crippen LogP contribution >= 0.6 is 11.6 Å². The van der Waals surface area contributed by atoms with Gasteiger partial charge in [0.05, 0.1) is 10.6 Å². The largest absolute Gasteiger partial charge is 0.417 e. The van der Waals surface area contributed by atoms with E-state index in [4.69, 9.17) is 11.6 Å². The van der Waals surface area contributed by atoms with Crippen molar-refractivity contribution in [2.45, 2.75) is 12.6 Å². The number of halogens is 4. The summed E-state index contributed by atoms with van der Waals surface area (Å²) < 4.78 is 38.7. The first-order valence-corrected chi connectivity index (χ1v) is 9.41. The second kappa shape index (κ2) is 9.52. The first-order chi connectivity index (χ1) is 14.7. The van der Waals surface area contributed by atoms with Gasteiger partial charge in [-0.3, -0.25) is 4.79 Å². The third-order valence-corrected chi connectivity index (χ3v) is 4.48. The number of carbonyl (C=O) groups excluding carboxylic acids is 2. The smallest absolute Gasteiger partial charge is 0.349 e. The van der Waals surface area contributed by atoms with Crippen LogP contribution in [0.5, 0.6) is 0 Å². The number of H-pyrrole nitrogens is 1. The maximum atomic E-state index is 12.9. The van der Waals surface area contributed by atoms with Crippen LogP contribution in [0.25, 0.3) is 0 Å². The van der Waals surface area contributed by atoms with Gasteiger partial charge in [0.1, 0.15) is 0 Å². The van der Waals surface area contributed by atoms with Crippen molar-refractivity contribution in [2.24, 2.45) is 0 Å². The summed E-state index contributed by atoms with van der Waals surface area (Å²) >= 11 is 5.57. The van der Waals surface area contributed by atoms with Gasteiger partial charge < -0.3 is 20.9 Å². The maximum Gasteiger partial charge on any atom is 0.417 e. The molecule has 1 heterocycles. The fraction of sp³-hybridized carbons (Fsp3) is 0.150. The Morgan fingerprint density at radius 3 is 2.35 bits per heavy atom. The average Bonchev–Trinajstić information content (AvgIpc) is 3.25. The minimum atomic E-state index is -4.63. The van der Waals surface area contributed by atoms with E-state index in [0.29, 0.717) is 18.7 Å². The molecular formula is C20H17ClF3N5O2. The zero-order valence-corrected chi connectivity index (χ0v) is 16.6. The molecule has 0 saturated carbocycles. The van der Waals surface area contributed by atoms with Gasteiger partial charge in [0.25, 0.3) is 5.91 Å². The van der Waals surface area contributed by atoms with E-state index in [9.17, 15) is 22.8 Å². The normalized spacial score (nSPS) is 11.1. The van der Waals surface area contributed by atoms with Crippen molar-refractivity contribution in [2.75, 3.05) is 17.2 Å². The molecule has 7 nitrogen and oxygen atoms in total. The van der Waals surface area contributed by atoms with Crippen molar-refractivity contribution in [3.63, 3.8) is 0 Å². The van der Waals surface area contributed by atoms with E-state index in [-0.39, 0.29) is 17.4 Å². The molecule has 0 aliphatic carbocycles. The minimum absolute atomic E-state index is 0.0434. The van der Waals surface area contributed by atoms with Gasteiger partial charge in [-0.25, -0.2) is 9.78 Å². The summed E-state index contributed by atoms with van der Waals surface area (Å²) in [5.74, 6) is -0.0792. The highest BCUT2D eigenvalue weighted by Crippen LogP contribution is 2.36. The van der Waals surface area contributed by atoms with Crippen LogP contribution in [-0.2, 0) is 12.6 Å². The van der Waals surface area contributed by atoms with E-state index in [1.165, 1.54) is 12.3 Å². The van der Waals surface area contributed by atoms with Crippen LogP contribution in [-0.4, -0.2) is 28.5 Å². The Labute approximate surface area is 180 Å². The van der Waals surface area contributed by atoms with Crippen molar-refractivity contribution >= 4 is 34.9 Å². The molecule has 0 radical (unpaired) electrons. The van der Waals surface area contributed by atoms with Gasteiger partial charge in [0, 0.05) is 30.3 Å². The van der Waals surface area contributed by atoms with Crippen LogP contribution in [0.15, 0.2) is 54.9 Å². The number of benzene rings is 2. The Balaban J connectivity index is 1.50. The van der Waals surface area contributed by atoms with Crippen molar-refractivity contribution < 1.29 is 22.8 Å². The average molecular weight is 452 g/mol. The second-order valence-electron chi connectivity index (χ2n) is 6.41. The van der Waals surface area contributed by atoms with Gasteiger partial charge >= 0.3 is 12.2 Å². The van der Waals surface area contributed by atoms with Crippen molar-refractivity contribution in [3.8, 4) is 0 Å². The summed E-state index contributed by atoms with van der Waals surface area (Å²) in [6.45, 7) is 0.394. The molecule has 0 aliphatic rings. The zero-order chi connectivity index (χ0) is 22.4. The molecule has 11 heteroatoms. The topological polar surface area (TPSA) is 98.9 Å². The monoisotopic (exact) mass is 451 g/mol. The Kier molecular flexibility index (Phi) is 6.81. The molecule has 2 aromatic carbocycles. The van der Waals surface area contributed by atoms with E-state index in [1.54, 1.807) is 30.5 Å². The fourth-order valence-corrected chi connectivity index (χ4v) is 2.89. The summed E-state index contributed by atoms with van der Waals surface area (Å²) in [6, 6.07) is 9.23. The molecule has 0 fully saturated rings. The van der Waals surface area contributed by atoms with Crippen LogP contribution in [0.1, 0.15) is 21.7 Å². The van der Waals surface area contributed by atoms with E-state index in [0.717, 1.165) is 17.7 Å². The predicted octanol–water partition coefficient (Wildman–Crippen LogP) is 4.70. The van der Waals surface area contributed by atoms with Gasteiger partial charge in [0.2, 0.25) is 0 Å². The summed E-state index contributed by atoms with van der Waals surface area (Å²) in [5.41, 5.74) is 0.290. The lowest BCUT2D eigenvalue weighted by atomic mass is 10.1. The molecule has 3 aromatic rings. The van der Waals surface area contributed by atoms with E-state index >= 15 is 0 Å². The number of carbonyl (C=O) groups is 2. The van der Waals surface area contributed by atoms with Gasteiger partial charge in [0.15, 0.2) is 5.82 Å². The zero-order valence-electron chi connectivity index (χ0n) is 15.9. The highest BCUT2D eigenvalue weighted by atomic mass is 35.5. The fourth-order valence-electron chi connectivity index (χ4n) is 2.66. The van der Waals surface area contributed by atoms with Crippen LogP contribution < -0.4 is 16.0 Å². The molecule has 3 amide bonds. The lowest BCUT2D eigenvalue weighted by molar-refractivity contribution is -0.137. The van der Waals surface area contributed by atoms with Gasteiger partial charge in [-0.15, -0.1) is 0 Å². The molecule has 0 atom stereocenters. The number of rotatable bonds is 6. The summed E-state index contributed by atoms with van der Waals surface area (Å²) in [6.07, 6.45) is -1.03. The first-order valence-electron chi connectivity index (χ1n) is 9.03. The molecular weight excluding hydrogens is 435 g/mol. The minimum Gasteiger partial charge on any atom is -0.349 e. The maximum absolute atomic E-state index is 12.9. The number of urea groups is 1. The molecule has 1 aromatic heterocycles. The summed E-state index contributed by atoms with van der Waals surface area (Å²) in [5, 5.41) is 7.15. The quantitative estimate of drug-likeness (QED) is 0.437. The Bertz CT molecular complexity index is 1050. The lowest BCUT2D eigenvalue weighted by Gasteiger charge is -2.12. The number of aromatic nitrogens is 2. The van der Waals surface area contributed by atoms with Crippen molar-refractivity contribution in [3.05, 3.63) is 76.8 Å². The summed E-state index contributed by atoms with van der Waals surface area (Å²) in [4.78, 5) is 30.4. The predicted molar refractivity (Wildman–Crippen MR) is 110 cm³/mol. The second-order valence-corrected chi connectivity index (χ2v) is 6.82. The van der Waals surface area contributed by atoms with Crippen LogP contribution in [0.4, 0.5) is 29.3 Å². The van der Waals surface area contributed by atoms with E-state index in [1.807, 2.05) is 0 Å². The SMILES string of the molecule is O=C(Nc1ccc(CCNC(=O)c2ncc[nH]2)cc1)Nc1ccc(Cl)c(C(F)(F)F)c1. The Hall–Kier alpha value is -3.53. The molecule has 0 spiro atoms. The Morgan fingerprint density at radius 1 is 1.03 bits per heavy atom. The third-order valence-electron chi connectivity index (χ3n) is 4.15. The highest BCUT2D eigenvalue weighted by molar-refractivity contribution is 6.31. The number of hydrogen-bond donors (Lipinski definition) is 4. The molecule has 0 unspecified atom stereocenters. The number of amides is 3. The molecule has 4 N–H and O–H groups in total. The van der Waals surface area contributed by atoms with Crippen molar-refractivity contribution in [1.29, 1.82) is 0 Å². The molecule has 31 heavy (non-hydrogen) atoms. The van der Waals surface area contributed by atoms with Crippen LogP contribution in [0, 0.1) is 0 Å². The number of anilines is 2. The first kappa shape index (κ1) is 22.2. The molecule has 162 valence electrons. The third kappa shape index (κ3) is 6.22. The molecule has 0 bridgehead atoms.